The van der Waals surface area contributed by atoms with E-state index < -0.39 is 0 Å². The molecule has 1 aromatic heterocycles. The third-order valence-electron chi connectivity index (χ3n) is 2.78. The van der Waals surface area contributed by atoms with Crippen LogP contribution in [-0.2, 0) is 5.54 Å². The minimum absolute atomic E-state index is 0.0367. The van der Waals surface area contributed by atoms with Crippen LogP contribution in [0.4, 0.5) is 0 Å². The molecule has 2 heteroatoms. The lowest BCUT2D eigenvalue weighted by molar-refractivity contribution is 0.392. The molecule has 0 atom stereocenters. The Hall–Kier alpha value is -1.15. The summed E-state index contributed by atoms with van der Waals surface area (Å²) in [7, 11) is 0. The van der Waals surface area contributed by atoms with Crippen molar-refractivity contribution in [1.82, 2.24) is 4.57 Å². The Kier molecular flexibility index (Phi) is 2.62. The van der Waals surface area contributed by atoms with Gasteiger partial charge in [-0.1, -0.05) is 29.9 Å². The molecule has 0 unspecified atom stereocenters. The molecule has 0 N–H and O–H groups in total. The van der Waals surface area contributed by atoms with E-state index in [1.165, 1.54) is 16.3 Å². The zero-order valence-electron chi connectivity index (χ0n) is 10.2. The summed E-state index contributed by atoms with van der Waals surface area (Å²) in [6.45, 7) is 8.61. The summed E-state index contributed by atoms with van der Waals surface area (Å²) < 4.78 is 3.08. The van der Waals surface area contributed by atoms with Crippen LogP contribution in [0.1, 0.15) is 26.3 Å². The van der Waals surface area contributed by atoms with E-state index in [0.29, 0.717) is 0 Å². The largest absolute Gasteiger partial charge is 0.333 e. The van der Waals surface area contributed by atoms with Crippen LogP contribution in [0.25, 0.3) is 10.8 Å². The van der Waals surface area contributed by atoms with E-state index >= 15 is 0 Å². The summed E-state index contributed by atoms with van der Waals surface area (Å²) in [5, 5.41) is 2.39. The van der Waals surface area contributed by atoms with Crippen molar-refractivity contribution in [2.75, 3.05) is 0 Å². The summed E-state index contributed by atoms with van der Waals surface area (Å²) >= 11 is 5.56. The van der Waals surface area contributed by atoms with Gasteiger partial charge in [-0.25, -0.2) is 0 Å². The molecule has 2 rings (SSSR count). The Balaban J connectivity index is 2.84. The minimum Gasteiger partial charge on any atom is -0.333 e. The average molecular weight is 231 g/mol. The first-order valence-corrected chi connectivity index (χ1v) is 5.93. The lowest BCUT2D eigenvalue weighted by Gasteiger charge is -2.24. The summed E-state index contributed by atoms with van der Waals surface area (Å²) in [5.74, 6) is 0. The van der Waals surface area contributed by atoms with Crippen molar-refractivity contribution in [1.29, 1.82) is 0 Å². The normalized spacial score (nSPS) is 12.0. The maximum atomic E-state index is 5.56. The monoisotopic (exact) mass is 231 g/mol. The highest BCUT2D eigenvalue weighted by Gasteiger charge is 2.13. The number of hydrogen-bond acceptors (Lipinski definition) is 1. The standard InChI is InChI=1S/C14H17NS/c1-10-5-6-11-7-8-15(14(2,3)4)13(16)12(11)9-10/h5-9H,1-4H3. The fourth-order valence-corrected chi connectivity index (χ4v) is 2.39. The number of hydrogen-bond donors (Lipinski definition) is 0. The number of nitrogens with zero attached hydrogens (tertiary/aromatic N) is 1. The van der Waals surface area contributed by atoms with Gasteiger partial charge in [-0.05, 0) is 45.2 Å². The van der Waals surface area contributed by atoms with Gasteiger partial charge in [0.2, 0.25) is 0 Å². The predicted octanol–water partition coefficient (Wildman–Crippen LogP) is 4.43. The highest BCUT2D eigenvalue weighted by Crippen LogP contribution is 2.22. The van der Waals surface area contributed by atoms with Gasteiger partial charge in [-0.3, -0.25) is 0 Å². The van der Waals surface area contributed by atoms with Crippen molar-refractivity contribution < 1.29 is 0 Å². The molecule has 0 amide bonds. The molecular formula is C14H17NS. The molecular weight excluding hydrogens is 214 g/mol. The van der Waals surface area contributed by atoms with E-state index in [9.17, 15) is 0 Å². The fourth-order valence-electron chi connectivity index (χ4n) is 1.88. The van der Waals surface area contributed by atoms with Gasteiger partial charge in [0, 0.05) is 17.1 Å². The number of rotatable bonds is 0. The first-order valence-electron chi connectivity index (χ1n) is 5.52. The van der Waals surface area contributed by atoms with E-state index in [1.807, 2.05) is 0 Å². The maximum absolute atomic E-state index is 5.56. The number of fused-ring (bicyclic) bond motifs is 1. The van der Waals surface area contributed by atoms with Crippen LogP contribution in [0.2, 0.25) is 0 Å². The van der Waals surface area contributed by atoms with Crippen molar-refractivity contribution in [3.63, 3.8) is 0 Å². The van der Waals surface area contributed by atoms with E-state index in [-0.39, 0.29) is 5.54 Å². The van der Waals surface area contributed by atoms with Gasteiger partial charge in [0.25, 0.3) is 0 Å². The van der Waals surface area contributed by atoms with Crippen molar-refractivity contribution in [2.24, 2.45) is 0 Å². The molecule has 0 aliphatic heterocycles. The molecule has 1 aromatic carbocycles. The van der Waals surface area contributed by atoms with Crippen LogP contribution in [0.3, 0.4) is 0 Å². The topological polar surface area (TPSA) is 4.93 Å². The molecule has 0 aliphatic rings. The highest BCUT2D eigenvalue weighted by atomic mass is 32.1. The Bertz CT molecular complexity index is 588. The molecule has 0 bridgehead atoms. The molecule has 0 spiro atoms. The van der Waals surface area contributed by atoms with Gasteiger partial charge in [-0.2, -0.15) is 0 Å². The number of pyridine rings is 1. The predicted molar refractivity (Wildman–Crippen MR) is 72.5 cm³/mol. The number of aryl methyl sites for hydroxylation is 1. The van der Waals surface area contributed by atoms with Crippen molar-refractivity contribution in [2.45, 2.75) is 33.2 Å². The number of benzene rings is 1. The van der Waals surface area contributed by atoms with Gasteiger partial charge in [0.15, 0.2) is 0 Å². The van der Waals surface area contributed by atoms with Crippen molar-refractivity contribution >= 4 is 23.0 Å². The van der Waals surface area contributed by atoms with Crippen molar-refractivity contribution in [3.05, 3.63) is 40.7 Å². The van der Waals surface area contributed by atoms with Crippen LogP contribution >= 0.6 is 12.2 Å². The van der Waals surface area contributed by atoms with Gasteiger partial charge in [-0.15, -0.1) is 0 Å². The molecule has 0 fully saturated rings. The van der Waals surface area contributed by atoms with Gasteiger partial charge in [0.05, 0.1) is 0 Å². The van der Waals surface area contributed by atoms with Crippen LogP contribution in [0, 0.1) is 11.6 Å². The molecule has 0 saturated heterocycles. The molecule has 0 saturated carbocycles. The lowest BCUT2D eigenvalue weighted by atomic mass is 10.1. The molecule has 2 aromatic rings. The third-order valence-corrected chi connectivity index (χ3v) is 3.20. The van der Waals surface area contributed by atoms with Crippen molar-refractivity contribution in [3.8, 4) is 0 Å². The Morgan fingerprint density at radius 2 is 1.81 bits per heavy atom. The Morgan fingerprint density at radius 1 is 1.12 bits per heavy atom. The molecule has 1 heterocycles. The molecule has 0 radical (unpaired) electrons. The summed E-state index contributed by atoms with van der Waals surface area (Å²) in [4.78, 5) is 0. The summed E-state index contributed by atoms with van der Waals surface area (Å²) in [6, 6.07) is 8.56. The van der Waals surface area contributed by atoms with E-state index in [1.54, 1.807) is 0 Å². The molecule has 16 heavy (non-hydrogen) atoms. The van der Waals surface area contributed by atoms with E-state index in [4.69, 9.17) is 12.2 Å². The van der Waals surface area contributed by atoms with Gasteiger partial charge in [0.1, 0.15) is 4.64 Å². The molecule has 84 valence electrons. The SMILES string of the molecule is Cc1ccc2ccn(C(C)(C)C)c(=S)c2c1. The van der Waals surface area contributed by atoms with Crippen LogP contribution < -0.4 is 0 Å². The molecule has 1 nitrogen and oxygen atoms in total. The average Bonchev–Trinajstić information content (AvgIpc) is 2.17. The first kappa shape index (κ1) is 11.3. The lowest BCUT2D eigenvalue weighted by Crippen LogP contribution is -2.22. The van der Waals surface area contributed by atoms with Gasteiger partial charge >= 0.3 is 0 Å². The van der Waals surface area contributed by atoms with Gasteiger partial charge < -0.3 is 4.57 Å². The molecule has 0 aliphatic carbocycles. The zero-order valence-corrected chi connectivity index (χ0v) is 11.1. The second-order valence-corrected chi connectivity index (χ2v) is 5.64. The summed E-state index contributed by atoms with van der Waals surface area (Å²) in [6.07, 6.45) is 2.08. The Labute approximate surface area is 102 Å². The van der Waals surface area contributed by atoms with E-state index in [0.717, 1.165) is 4.64 Å². The second kappa shape index (κ2) is 3.70. The zero-order chi connectivity index (χ0) is 11.9. The summed E-state index contributed by atoms with van der Waals surface area (Å²) in [5.41, 5.74) is 1.29. The van der Waals surface area contributed by atoms with Crippen LogP contribution in [0.5, 0.6) is 0 Å². The third kappa shape index (κ3) is 1.90. The first-order chi connectivity index (χ1) is 7.39. The van der Waals surface area contributed by atoms with Crippen LogP contribution in [-0.4, -0.2) is 4.57 Å². The maximum Gasteiger partial charge on any atom is 0.114 e. The van der Waals surface area contributed by atoms with Crippen LogP contribution in [0.15, 0.2) is 30.5 Å². The highest BCUT2D eigenvalue weighted by molar-refractivity contribution is 7.71. The fraction of sp³-hybridized carbons (Fsp3) is 0.357. The number of aromatic nitrogens is 1. The second-order valence-electron chi connectivity index (χ2n) is 5.25. The Morgan fingerprint density at radius 3 is 2.44 bits per heavy atom. The smallest absolute Gasteiger partial charge is 0.114 e. The quantitative estimate of drug-likeness (QED) is 0.607. The van der Waals surface area contributed by atoms with E-state index in [2.05, 4.69) is 62.7 Å². The minimum atomic E-state index is 0.0367.